The van der Waals surface area contributed by atoms with Gasteiger partial charge in [0, 0.05) is 42.6 Å². The minimum atomic E-state index is -0.0892. The lowest BCUT2D eigenvalue weighted by molar-refractivity contribution is 0.0951. The average molecular weight is 390 g/mol. The molecule has 2 aromatic rings. The number of benzene rings is 1. The summed E-state index contributed by atoms with van der Waals surface area (Å²) in [4.78, 5) is 29.6. The van der Waals surface area contributed by atoms with Crippen molar-refractivity contribution in [2.75, 3.05) is 25.0 Å². The standard InChI is InChI=1S/C23H26N4O2/c28-22(24-11-14-27-12-4-1-5-13-27)17-7-6-8-18(15-17)26-21-16-25-23(29)20-10-3-2-9-19(20)21/h1,4-8,12,15-16,26H,2-3,9-11,13-14H2,(H,24,28)(H,25,29). The molecule has 1 aliphatic carbocycles. The number of H-pyrrole nitrogens is 1. The minimum Gasteiger partial charge on any atom is -0.372 e. The van der Waals surface area contributed by atoms with Gasteiger partial charge in [-0.15, -0.1) is 0 Å². The number of allylic oxidation sites excluding steroid dienone is 2. The van der Waals surface area contributed by atoms with Crippen molar-refractivity contribution in [2.45, 2.75) is 25.7 Å². The van der Waals surface area contributed by atoms with E-state index in [1.807, 2.05) is 42.6 Å². The number of nitrogens with one attached hydrogen (secondary N) is 3. The topological polar surface area (TPSA) is 77.2 Å². The van der Waals surface area contributed by atoms with Gasteiger partial charge >= 0.3 is 0 Å². The first-order chi connectivity index (χ1) is 14.2. The Morgan fingerprint density at radius 1 is 1.14 bits per heavy atom. The first-order valence-electron chi connectivity index (χ1n) is 10.2. The molecule has 0 unspecified atom stereocenters. The van der Waals surface area contributed by atoms with Crippen LogP contribution in [0.25, 0.3) is 0 Å². The number of hydrogen-bond donors (Lipinski definition) is 3. The highest BCUT2D eigenvalue weighted by atomic mass is 16.1. The zero-order chi connectivity index (χ0) is 20.1. The van der Waals surface area contributed by atoms with Crippen molar-refractivity contribution in [3.05, 3.63) is 81.9 Å². The van der Waals surface area contributed by atoms with Gasteiger partial charge in [0.25, 0.3) is 11.5 Å². The minimum absolute atomic E-state index is 0.0115. The number of anilines is 2. The Labute approximate surface area is 170 Å². The maximum atomic E-state index is 12.5. The number of amides is 1. The molecule has 1 aromatic carbocycles. The quantitative estimate of drug-likeness (QED) is 0.708. The van der Waals surface area contributed by atoms with E-state index in [0.717, 1.165) is 61.3 Å². The molecule has 2 aliphatic rings. The van der Waals surface area contributed by atoms with Gasteiger partial charge in [0.1, 0.15) is 0 Å². The summed E-state index contributed by atoms with van der Waals surface area (Å²) < 4.78 is 0. The number of carbonyl (C=O) groups excluding carboxylic acids is 1. The van der Waals surface area contributed by atoms with E-state index in [-0.39, 0.29) is 11.5 Å². The normalized spacial score (nSPS) is 15.1. The number of pyridine rings is 1. The van der Waals surface area contributed by atoms with Gasteiger partial charge in [-0.05, 0) is 61.7 Å². The summed E-state index contributed by atoms with van der Waals surface area (Å²) in [5.74, 6) is -0.0892. The van der Waals surface area contributed by atoms with E-state index in [0.29, 0.717) is 12.1 Å². The largest absolute Gasteiger partial charge is 0.372 e. The third kappa shape index (κ3) is 4.59. The van der Waals surface area contributed by atoms with Crippen LogP contribution in [0.4, 0.5) is 11.4 Å². The number of rotatable bonds is 6. The molecule has 0 bridgehead atoms. The van der Waals surface area contributed by atoms with Crippen molar-refractivity contribution in [1.82, 2.24) is 15.2 Å². The average Bonchev–Trinajstić information content (AvgIpc) is 2.77. The van der Waals surface area contributed by atoms with Gasteiger partial charge in [-0.2, -0.15) is 0 Å². The molecule has 4 rings (SSSR count). The first-order valence-corrected chi connectivity index (χ1v) is 10.2. The zero-order valence-electron chi connectivity index (χ0n) is 16.4. The van der Waals surface area contributed by atoms with Gasteiger partial charge in [-0.3, -0.25) is 9.59 Å². The van der Waals surface area contributed by atoms with Crippen molar-refractivity contribution in [2.24, 2.45) is 0 Å². The van der Waals surface area contributed by atoms with Crippen LogP contribution >= 0.6 is 0 Å². The molecular formula is C23H26N4O2. The summed E-state index contributed by atoms with van der Waals surface area (Å²) in [5, 5.41) is 6.37. The number of fused-ring (bicyclic) bond motifs is 1. The molecule has 0 spiro atoms. The maximum Gasteiger partial charge on any atom is 0.251 e. The number of hydrogen-bond acceptors (Lipinski definition) is 4. The lowest BCUT2D eigenvalue weighted by Crippen LogP contribution is -2.33. The van der Waals surface area contributed by atoms with Crippen LogP contribution in [0.1, 0.15) is 34.3 Å². The summed E-state index contributed by atoms with van der Waals surface area (Å²) in [5.41, 5.74) is 4.36. The lowest BCUT2D eigenvalue weighted by atomic mass is 9.92. The predicted octanol–water partition coefficient (Wildman–Crippen LogP) is 3.11. The fourth-order valence-electron chi connectivity index (χ4n) is 3.86. The molecule has 29 heavy (non-hydrogen) atoms. The van der Waals surface area contributed by atoms with Crippen molar-refractivity contribution in [1.29, 1.82) is 0 Å². The summed E-state index contributed by atoms with van der Waals surface area (Å²) in [6.45, 7) is 2.23. The summed E-state index contributed by atoms with van der Waals surface area (Å²) in [6.07, 6.45) is 13.7. The van der Waals surface area contributed by atoms with E-state index in [4.69, 9.17) is 0 Å². The molecule has 1 aromatic heterocycles. The van der Waals surface area contributed by atoms with Crippen LogP contribution in [0, 0.1) is 0 Å². The third-order valence-electron chi connectivity index (χ3n) is 5.39. The molecule has 2 heterocycles. The molecule has 0 radical (unpaired) electrons. The Morgan fingerprint density at radius 2 is 2.00 bits per heavy atom. The molecule has 1 amide bonds. The number of aromatic amines is 1. The fraction of sp³-hybridized carbons (Fsp3) is 0.304. The molecule has 150 valence electrons. The predicted molar refractivity (Wildman–Crippen MR) is 116 cm³/mol. The fourth-order valence-corrected chi connectivity index (χ4v) is 3.86. The Balaban J connectivity index is 1.41. The van der Waals surface area contributed by atoms with E-state index >= 15 is 0 Å². The SMILES string of the molecule is O=C(NCCN1C=CC=CC1)c1cccc(Nc2c[nH]c(=O)c3c2CCCC3)c1. The number of aromatic nitrogens is 1. The zero-order valence-corrected chi connectivity index (χ0v) is 16.4. The van der Waals surface area contributed by atoms with Crippen LogP contribution in [0.2, 0.25) is 0 Å². The first kappa shape index (κ1) is 19.1. The summed E-state index contributed by atoms with van der Waals surface area (Å²) >= 11 is 0. The van der Waals surface area contributed by atoms with Crippen LogP contribution in [0.15, 0.2) is 59.7 Å². The second-order valence-corrected chi connectivity index (χ2v) is 7.42. The van der Waals surface area contributed by atoms with E-state index < -0.39 is 0 Å². The molecule has 0 saturated heterocycles. The van der Waals surface area contributed by atoms with E-state index in [1.165, 1.54) is 0 Å². The van der Waals surface area contributed by atoms with Gasteiger partial charge in [0.2, 0.25) is 0 Å². The van der Waals surface area contributed by atoms with Crippen molar-refractivity contribution in [3.8, 4) is 0 Å². The molecule has 6 nitrogen and oxygen atoms in total. The molecule has 6 heteroatoms. The molecule has 3 N–H and O–H groups in total. The molecule has 0 saturated carbocycles. The third-order valence-corrected chi connectivity index (χ3v) is 5.39. The molecule has 0 atom stereocenters. The van der Waals surface area contributed by atoms with Crippen LogP contribution in [-0.4, -0.2) is 35.4 Å². The van der Waals surface area contributed by atoms with Crippen LogP contribution in [0.5, 0.6) is 0 Å². The summed E-state index contributed by atoms with van der Waals surface area (Å²) in [6, 6.07) is 7.46. The molecular weight excluding hydrogens is 364 g/mol. The molecule has 1 aliphatic heterocycles. The van der Waals surface area contributed by atoms with Gasteiger partial charge in [0.05, 0.1) is 5.69 Å². The van der Waals surface area contributed by atoms with Crippen molar-refractivity contribution in [3.63, 3.8) is 0 Å². The van der Waals surface area contributed by atoms with Gasteiger partial charge in [-0.1, -0.05) is 18.2 Å². The Kier molecular flexibility index (Phi) is 5.79. The smallest absolute Gasteiger partial charge is 0.251 e. The Bertz CT molecular complexity index is 1010. The van der Waals surface area contributed by atoms with Crippen LogP contribution < -0.4 is 16.2 Å². The Morgan fingerprint density at radius 3 is 2.83 bits per heavy atom. The monoisotopic (exact) mass is 390 g/mol. The second kappa shape index (κ2) is 8.82. The number of carbonyl (C=O) groups is 1. The van der Waals surface area contributed by atoms with Crippen LogP contribution in [-0.2, 0) is 12.8 Å². The molecule has 0 fully saturated rings. The van der Waals surface area contributed by atoms with Crippen LogP contribution in [0.3, 0.4) is 0 Å². The highest BCUT2D eigenvalue weighted by Gasteiger charge is 2.17. The van der Waals surface area contributed by atoms with Crippen molar-refractivity contribution >= 4 is 17.3 Å². The highest BCUT2D eigenvalue weighted by Crippen LogP contribution is 2.27. The second-order valence-electron chi connectivity index (χ2n) is 7.42. The maximum absolute atomic E-state index is 12.5. The van der Waals surface area contributed by atoms with Gasteiger partial charge in [-0.25, -0.2) is 0 Å². The van der Waals surface area contributed by atoms with Crippen molar-refractivity contribution < 1.29 is 4.79 Å². The van der Waals surface area contributed by atoms with Gasteiger partial charge < -0.3 is 20.5 Å². The number of nitrogens with zero attached hydrogens (tertiary/aromatic N) is 1. The summed E-state index contributed by atoms with van der Waals surface area (Å²) in [7, 11) is 0. The van der Waals surface area contributed by atoms with E-state index in [2.05, 4.69) is 26.6 Å². The van der Waals surface area contributed by atoms with E-state index in [1.54, 1.807) is 6.20 Å². The Hall–Kier alpha value is -3.28. The van der Waals surface area contributed by atoms with Gasteiger partial charge in [0.15, 0.2) is 0 Å². The highest BCUT2D eigenvalue weighted by molar-refractivity contribution is 5.95. The van der Waals surface area contributed by atoms with E-state index in [9.17, 15) is 9.59 Å². The lowest BCUT2D eigenvalue weighted by Gasteiger charge is -2.20.